The molecule has 3 heteroatoms. The average molecular weight is 293 g/mol. The topological polar surface area (TPSA) is 29.5 Å². The van der Waals surface area contributed by atoms with Crippen LogP contribution in [0.15, 0.2) is 23.6 Å². The number of rotatable bonds is 6. The molecule has 0 saturated heterocycles. The Kier molecular flexibility index (Phi) is 6.50. The van der Waals surface area contributed by atoms with Gasteiger partial charge in [0.05, 0.1) is 0 Å². The summed E-state index contributed by atoms with van der Waals surface area (Å²) in [5.41, 5.74) is 1.40. The second kappa shape index (κ2) is 7.67. The van der Waals surface area contributed by atoms with Crippen molar-refractivity contribution in [3.8, 4) is 0 Å². The maximum Gasteiger partial charge on any atom is 0.310 e. The van der Waals surface area contributed by atoms with Crippen molar-refractivity contribution in [2.45, 2.75) is 60.8 Å². The highest BCUT2D eigenvalue weighted by Gasteiger charge is 2.25. The highest BCUT2D eigenvalue weighted by atomic mass is 16.5. The van der Waals surface area contributed by atoms with Crippen LogP contribution in [0, 0.1) is 11.3 Å². The summed E-state index contributed by atoms with van der Waals surface area (Å²) in [5, 5.41) is 0. The first-order chi connectivity index (χ1) is 9.77. The van der Waals surface area contributed by atoms with Crippen molar-refractivity contribution < 1.29 is 9.53 Å². The third-order valence-electron chi connectivity index (χ3n) is 3.71. The number of carbonyl (C=O) groups excluding carboxylic acids is 1. The molecule has 0 bridgehead atoms. The molecule has 0 spiro atoms. The standard InChI is InChI=1S/C18H31NO2/c1-7-16(21-17(20)8-2)11-15-12-18(5,6)9-10-19(15)13-14(3)4/h11-12,14H,7-10,13H2,1-6H3/b16-11-. The van der Waals surface area contributed by atoms with Crippen LogP contribution >= 0.6 is 0 Å². The second-order valence-corrected chi connectivity index (χ2v) is 6.94. The van der Waals surface area contributed by atoms with Gasteiger partial charge in [-0.25, -0.2) is 0 Å². The fraction of sp³-hybridized carbons (Fsp3) is 0.722. The molecular weight excluding hydrogens is 262 g/mol. The van der Waals surface area contributed by atoms with Crippen molar-refractivity contribution in [1.29, 1.82) is 0 Å². The van der Waals surface area contributed by atoms with Gasteiger partial charge in [0.25, 0.3) is 0 Å². The Bertz CT molecular complexity index is 419. The third kappa shape index (κ3) is 5.94. The summed E-state index contributed by atoms with van der Waals surface area (Å²) < 4.78 is 5.43. The fourth-order valence-corrected chi connectivity index (χ4v) is 2.47. The number of ether oxygens (including phenoxy) is 1. The summed E-state index contributed by atoms with van der Waals surface area (Å²) in [6.07, 6.45) is 6.68. The van der Waals surface area contributed by atoms with Gasteiger partial charge in [0.2, 0.25) is 0 Å². The first kappa shape index (κ1) is 17.8. The lowest BCUT2D eigenvalue weighted by molar-refractivity contribution is -0.139. The zero-order valence-corrected chi connectivity index (χ0v) is 14.5. The van der Waals surface area contributed by atoms with Gasteiger partial charge in [0, 0.05) is 31.6 Å². The maximum absolute atomic E-state index is 11.5. The van der Waals surface area contributed by atoms with Gasteiger partial charge in [-0.05, 0) is 23.8 Å². The highest BCUT2D eigenvalue weighted by Crippen LogP contribution is 2.32. The minimum atomic E-state index is -0.158. The predicted octanol–water partition coefficient (Wildman–Crippen LogP) is 4.51. The molecule has 0 saturated carbocycles. The maximum atomic E-state index is 11.5. The summed E-state index contributed by atoms with van der Waals surface area (Å²) in [6, 6.07) is 0. The minimum absolute atomic E-state index is 0.158. The molecule has 0 radical (unpaired) electrons. The molecule has 21 heavy (non-hydrogen) atoms. The van der Waals surface area contributed by atoms with E-state index in [1.165, 1.54) is 5.70 Å². The Balaban J connectivity index is 3.00. The molecule has 1 aliphatic heterocycles. The molecule has 0 aromatic carbocycles. The van der Waals surface area contributed by atoms with Crippen LogP contribution in [0.4, 0.5) is 0 Å². The molecule has 0 aromatic rings. The van der Waals surface area contributed by atoms with Gasteiger partial charge >= 0.3 is 5.97 Å². The van der Waals surface area contributed by atoms with Gasteiger partial charge < -0.3 is 9.64 Å². The number of nitrogens with zero attached hydrogens (tertiary/aromatic N) is 1. The zero-order chi connectivity index (χ0) is 16.0. The summed E-state index contributed by atoms with van der Waals surface area (Å²) in [5.74, 6) is 1.22. The summed E-state index contributed by atoms with van der Waals surface area (Å²) in [6.45, 7) is 14.9. The Morgan fingerprint density at radius 1 is 1.38 bits per heavy atom. The van der Waals surface area contributed by atoms with E-state index in [9.17, 15) is 4.79 Å². The minimum Gasteiger partial charge on any atom is -0.431 e. The van der Waals surface area contributed by atoms with Crippen molar-refractivity contribution in [1.82, 2.24) is 4.90 Å². The lowest BCUT2D eigenvalue weighted by atomic mass is 9.84. The molecule has 3 nitrogen and oxygen atoms in total. The van der Waals surface area contributed by atoms with Crippen molar-refractivity contribution in [3.05, 3.63) is 23.6 Å². The number of hydrogen-bond donors (Lipinski definition) is 0. The predicted molar refractivity (Wildman–Crippen MR) is 87.6 cm³/mol. The molecule has 0 aliphatic carbocycles. The van der Waals surface area contributed by atoms with Crippen LogP contribution in [-0.2, 0) is 9.53 Å². The lowest BCUT2D eigenvalue weighted by Crippen LogP contribution is -2.35. The van der Waals surface area contributed by atoms with Gasteiger partial charge in [-0.2, -0.15) is 0 Å². The highest BCUT2D eigenvalue weighted by molar-refractivity contribution is 5.70. The Hall–Kier alpha value is -1.25. The second-order valence-electron chi connectivity index (χ2n) is 6.94. The number of allylic oxidation sites excluding steroid dienone is 3. The zero-order valence-electron chi connectivity index (χ0n) is 14.5. The molecule has 1 heterocycles. The molecule has 1 rings (SSSR count). The molecule has 120 valence electrons. The molecule has 0 amide bonds. The molecule has 0 fully saturated rings. The van der Waals surface area contributed by atoms with Crippen LogP contribution in [0.3, 0.4) is 0 Å². The molecule has 0 unspecified atom stereocenters. The van der Waals surface area contributed by atoms with Crippen LogP contribution in [0.2, 0.25) is 0 Å². The number of carbonyl (C=O) groups is 1. The van der Waals surface area contributed by atoms with E-state index in [0.717, 1.165) is 31.7 Å². The third-order valence-corrected chi connectivity index (χ3v) is 3.71. The average Bonchev–Trinajstić information content (AvgIpc) is 2.40. The summed E-state index contributed by atoms with van der Waals surface area (Å²) in [7, 11) is 0. The van der Waals surface area contributed by atoms with E-state index in [2.05, 4.69) is 44.7 Å². The van der Waals surface area contributed by atoms with E-state index in [1.54, 1.807) is 0 Å². The summed E-state index contributed by atoms with van der Waals surface area (Å²) >= 11 is 0. The van der Waals surface area contributed by atoms with Gasteiger partial charge in [0.15, 0.2) is 0 Å². The van der Waals surface area contributed by atoms with E-state index in [-0.39, 0.29) is 11.4 Å². The van der Waals surface area contributed by atoms with E-state index >= 15 is 0 Å². The van der Waals surface area contributed by atoms with Crippen LogP contribution in [0.1, 0.15) is 60.8 Å². The smallest absolute Gasteiger partial charge is 0.310 e. The quantitative estimate of drug-likeness (QED) is 0.533. The molecule has 0 atom stereocenters. The van der Waals surface area contributed by atoms with Crippen molar-refractivity contribution >= 4 is 5.97 Å². The van der Waals surface area contributed by atoms with E-state index in [1.807, 2.05) is 13.8 Å². The molecule has 0 N–H and O–H groups in total. The largest absolute Gasteiger partial charge is 0.431 e. The van der Waals surface area contributed by atoms with Gasteiger partial charge in [0.1, 0.15) is 5.76 Å². The molecule has 0 aromatic heterocycles. The van der Waals surface area contributed by atoms with Crippen LogP contribution in [-0.4, -0.2) is 24.0 Å². The van der Waals surface area contributed by atoms with Crippen molar-refractivity contribution in [3.63, 3.8) is 0 Å². The normalized spacial score (nSPS) is 18.7. The van der Waals surface area contributed by atoms with Gasteiger partial charge in [-0.3, -0.25) is 4.79 Å². The van der Waals surface area contributed by atoms with Crippen LogP contribution in [0.25, 0.3) is 0 Å². The Morgan fingerprint density at radius 3 is 2.57 bits per heavy atom. The van der Waals surface area contributed by atoms with Crippen molar-refractivity contribution in [2.75, 3.05) is 13.1 Å². The van der Waals surface area contributed by atoms with Crippen molar-refractivity contribution in [2.24, 2.45) is 11.3 Å². The van der Waals surface area contributed by atoms with E-state index < -0.39 is 0 Å². The first-order valence-corrected chi connectivity index (χ1v) is 8.16. The lowest BCUT2D eigenvalue weighted by Gasteiger charge is -2.37. The van der Waals surface area contributed by atoms with Crippen LogP contribution in [0.5, 0.6) is 0 Å². The molecule has 1 aliphatic rings. The Morgan fingerprint density at radius 2 is 2.05 bits per heavy atom. The fourth-order valence-electron chi connectivity index (χ4n) is 2.47. The first-order valence-electron chi connectivity index (χ1n) is 8.16. The Labute approximate surface area is 130 Å². The molecular formula is C18H31NO2. The van der Waals surface area contributed by atoms with Gasteiger partial charge in [-0.15, -0.1) is 0 Å². The van der Waals surface area contributed by atoms with Gasteiger partial charge in [-0.1, -0.05) is 47.6 Å². The monoisotopic (exact) mass is 293 g/mol. The van der Waals surface area contributed by atoms with Crippen LogP contribution < -0.4 is 0 Å². The number of hydrogen-bond acceptors (Lipinski definition) is 3. The SMILES string of the molecule is CCC(=O)O/C(=C\C1=CC(C)(C)CCN1CC(C)C)CC. The summed E-state index contributed by atoms with van der Waals surface area (Å²) in [4.78, 5) is 13.9. The van der Waals surface area contributed by atoms with E-state index in [4.69, 9.17) is 4.74 Å². The number of esters is 1. The van der Waals surface area contributed by atoms with E-state index in [0.29, 0.717) is 12.3 Å².